The number of fused-ring (bicyclic) bond motifs is 1. The topological polar surface area (TPSA) is 111 Å². The maximum absolute atomic E-state index is 12.9. The van der Waals surface area contributed by atoms with E-state index in [0.29, 0.717) is 21.2 Å². The van der Waals surface area contributed by atoms with E-state index in [1.165, 1.54) is 26.4 Å². The summed E-state index contributed by atoms with van der Waals surface area (Å²) >= 11 is 3.32. The average molecular weight is 443 g/mol. The van der Waals surface area contributed by atoms with Crippen molar-refractivity contribution in [3.05, 3.63) is 40.4 Å². The molecule has 0 unspecified atom stereocenters. The van der Waals surface area contributed by atoms with Gasteiger partial charge >= 0.3 is 0 Å². The Morgan fingerprint density at radius 2 is 1.96 bits per heavy atom. The van der Waals surface area contributed by atoms with Crippen LogP contribution in [0.3, 0.4) is 0 Å². The molecule has 2 N–H and O–H groups in total. The molecule has 1 aromatic heterocycles. The molecule has 0 saturated carbocycles. The molecule has 3 rings (SSSR count). The molecule has 138 valence electrons. The first-order chi connectivity index (χ1) is 12.4. The zero-order chi connectivity index (χ0) is 18.9. The highest BCUT2D eigenvalue weighted by atomic mass is 79.9. The molecule has 0 spiro atoms. The smallest absolute Gasteiger partial charge is 0.267 e. The highest BCUT2D eigenvalue weighted by Crippen LogP contribution is 2.37. The van der Waals surface area contributed by atoms with Crippen molar-refractivity contribution in [2.24, 2.45) is 0 Å². The average Bonchev–Trinajstić information content (AvgIpc) is 3.01. The van der Waals surface area contributed by atoms with Crippen LogP contribution >= 0.6 is 15.9 Å². The monoisotopic (exact) mass is 442 g/mol. The Kier molecular flexibility index (Phi) is 5.08. The molecule has 0 amide bonds. The number of aliphatic hydroxyl groups excluding tert-OH is 1. The third-order valence-corrected chi connectivity index (χ3v) is 5.59. The molecule has 3 aromatic rings. The van der Waals surface area contributed by atoms with Crippen LogP contribution in [0.25, 0.3) is 11.0 Å². The lowest BCUT2D eigenvalue weighted by atomic mass is 10.2. The van der Waals surface area contributed by atoms with Crippen LogP contribution in [0.4, 0.5) is 5.82 Å². The number of sulfonamides is 1. The Morgan fingerprint density at radius 3 is 2.62 bits per heavy atom. The fourth-order valence-electron chi connectivity index (χ4n) is 2.56. The van der Waals surface area contributed by atoms with Crippen LogP contribution in [0.1, 0.15) is 5.56 Å². The highest BCUT2D eigenvalue weighted by molar-refractivity contribution is 9.10. The molecule has 0 aliphatic heterocycles. The van der Waals surface area contributed by atoms with Gasteiger partial charge in [-0.25, -0.2) is 8.42 Å². The number of anilines is 1. The maximum atomic E-state index is 12.9. The molecule has 2 aromatic carbocycles. The van der Waals surface area contributed by atoms with E-state index >= 15 is 0 Å². The van der Waals surface area contributed by atoms with Crippen LogP contribution in [-0.2, 0) is 16.6 Å². The molecule has 8 nitrogen and oxygen atoms in total. The third kappa shape index (κ3) is 3.22. The minimum atomic E-state index is -4.12. The zero-order valence-electron chi connectivity index (χ0n) is 13.8. The first-order valence-corrected chi connectivity index (χ1v) is 9.61. The molecule has 0 fully saturated rings. The van der Waals surface area contributed by atoms with Crippen molar-refractivity contribution >= 4 is 42.7 Å². The summed E-state index contributed by atoms with van der Waals surface area (Å²) in [7, 11) is -1.32. The molecule has 0 saturated heterocycles. The van der Waals surface area contributed by atoms with Crippen molar-refractivity contribution in [3.63, 3.8) is 0 Å². The summed E-state index contributed by atoms with van der Waals surface area (Å²) in [6.45, 7) is -0.469. The lowest BCUT2D eigenvalue weighted by molar-refractivity contribution is 0.276. The van der Waals surface area contributed by atoms with Crippen molar-refractivity contribution < 1.29 is 27.5 Å². The molecule has 10 heteroatoms. The second kappa shape index (κ2) is 7.14. The predicted octanol–water partition coefficient (Wildman–Crippen LogP) is 2.90. The fourth-order valence-corrected chi connectivity index (χ4v) is 4.37. The number of benzene rings is 2. The van der Waals surface area contributed by atoms with Gasteiger partial charge in [0.1, 0.15) is 21.8 Å². The molecule has 1 heterocycles. The number of aromatic nitrogens is 1. The number of hydrogen-bond donors (Lipinski definition) is 2. The Hall–Kier alpha value is -2.30. The molecule has 0 atom stereocenters. The van der Waals surface area contributed by atoms with E-state index < -0.39 is 16.6 Å². The minimum Gasteiger partial charge on any atom is -0.496 e. The van der Waals surface area contributed by atoms with Crippen LogP contribution in [0.2, 0.25) is 0 Å². The van der Waals surface area contributed by atoms with Crippen LogP contribution in [0.5, 0.6) is 11.5 Å². The molecule has 0 radical (unpaired) electrons. The van der Waals surface area contributed by atoms with E-state index in [9.17, 15) is 13.5 Å². The summed E-state index contributed by atoms with van der Waals surface area (Å²) in [6.07, 6.45) is 0. The van der Waals surface area contributed by atoms with Gasteiger partial charge in [0.05, 0.1) is 20.8 Å². The van der Waals surface area contributed by atoms with Gasteiger partial charge in [-0.2, -0.15) is 0 Å². The second-order valence-electron chi connectivity index (χ2n) is 5.22. The number of rotatable bonds is 6. The number of hydrogen-bond acceptors (Lipinski definition) is 7. The molecular formula is C16H15BrN2O6S. The van der Waals surface area contributed by atoms with Crippen LogP contribution in [0, 0.1) is 0 Å². The predicted molar refractivity (Wildman–Crippen MR) is 98.0 cm³/mol. The van der Waals surface area contributed by atoms with E-state index in [0.717, 1.165) is 0 Å². The van der Waals surface area contributed by atoms with Gasteiger partial charge in [0.2, 0.25) is 0 Å². The van der Waals surface area contributed by atoms with Gasteiger partial charge in [0.15, 0.2) is 11.4 Å². The first kappa shape index (κ1) is 18.5. The summed E-state index contributed by atoms with van der Waals surface area (Å²) in [5.74, 6) is 0.460. The van der Waals surface area contributed by atoms with Gasteiger partial charge in [-0.15, -0.1) is 0 Å². The number of halogens is 1. The Bertz CT molecular complexity index is 1040. The summed E-state index contributed by atoms with van der Waals surface area (Å²) in [4.78, 5) is -0.169. The number of methoxy groups -OCH3 is 2. The maximum Gasteiger partial charge on any atom is 0.267 e. The Balaban J connectivity index is 2.14. The van der Waals surface area contributed by atoms with Crippen molar-refractivity contribution in [2.75, 3.05) is 18.9 Å². The molecular weight excluding hydrogens is 428 g/mol. The normalized spacial score (nSPS) is 11.5. The summed E-state index contributed by atoms with van der Waals surface area (Å²) in [5.41, 5.74) is 0.538. The largest absolute Gasteiger partial charge is 0.496 e. The Labute approximate surface area is 157 Å². The lowest BCUT2D eigenvalue weighted by Crippen LogP contribution is -2.16. The summed E-state index contributed by atoms with van der Waals surface area (Å²) in [5, 5.41) is 13.7. The fraction of sp³-hybridized carbons (Fsp3) is 0.188. The standard InChI is InChI=1S/C16H15BrN2O6S/c1-23-11-5-3-4-9(8-20)15(11)26(21,22)19-16-14-12(24-2)6-10(17)7-13(14)25-18-16/h3-7,20H,8H2,1-2H3,(H,18,19). The van der Waals surface area contributed by atoms with Crippen molar-refractivity contribution in [1.82, 2.24) is 5.16 Å². The van der Waals surface area contributed by atoms with Gasteiger partial charge < -0.3 is 19.1 Å². The van der Waals surface area contributed by atoms with E-state index in [4.69, 9.17) is 14.0 Å². The van der Waals surface area contributed by atoms with Gasteiger partial charge in [-0.05, 0) is 18.2 Å². The van der Waals surface area contributed by atoms with E-state index in [2.05, 4.69) is 25.8 Å². The Morgan fingerprint density at radius 1 is 1.23 bits per heavy atom. The number of nitrogens with one attached hydrogen (secondary N) is 1. The lowest BCUT2D eigenvalue weighted by Gasteiger charge is -2.13. The minimum absolute atomic E-state index is 0.0286. The van der Waals surface area contributed by atoms with Crippen LogP contribution in [0.15, 0.2) is 44.2 Å². The van der Waals surface area contributed by atoms with Crippen molar-refractivity contribution in [3.8, 4) is 11.5 Å². The van der Waals surface area contributed by atoms with Crippen molar-refractivity contribution in [1.29, 1.82) is 0 Å². The van der Waals surface area contributed by atoms with Gasteiger partial charge in [0.25, 0.3) is 10.0 Å². The summed E-state index contributed by atoms with van der Waals surface area (Å²) < 4.78 is 44.6. The molecule has 0 aliphatic carbocycles. The second-order valence-corrected chi connectivity index (χ2v) is 7.76. The zero-order valence-corrected chi connectivity index (χ0v) is 16.2. The number of ether oxygens (including phenoxy) is 2. The van der Waals surface area contributed by atoms with E-state index in [-0.39, 0.29) is 22.0 Å². The van der Waals surface area contributed by atoms with Gasteiger partial charge in [-0.1, -0.05) is 33.2 Å². The quantitative estimate of drug-likeness (QED) is 0.603. The van der Waals surface area contributed by atoms with Gasteiger partial charge in [0, 0.05) is 10.0 Å². The van der Waals surface area contributed by atoms with E-state index in [1.54, 1.807) is 18.2 Å². The van der Waals surface area contributed by atoms with Crippen LogP contribution < -0.4 is 14.2 Å². The third-order valence-electron chi connectivity index (χ3n) is 3.67. The van der Waals surface area contributed by atoms with Crippen LogP contribution in [-0.4, -0.2) is 32.9 Å². The highest BCUT2D eigenvalue weighted by Gasteiger charge is 2.26. The molecule has 0 bridgehead atoms. The SMILES string of the molecule is COc1cccc(CO)c1S(=O)(=O)Nc1noc2cc(Br)cc(OC)c12. The molecule has 26 heavy (non-hydrogen) atoms. The first-order valence-electron chi connectivity index (χ1n) is 7.33. The van der Waals surface area contributed by atoms with E-state index in [1.807, 2.05) is 0 Å². The summed E-state index contributed by atoms with van der Waals surface area (Å²) in [6, 6.07) is 7.89. The van der Waals surface area contributed by atoms with Gasteiger partial charge in [-0.3, -0.25) is 4.72 Å². The van der Waals surface area contributed by atoms with Crippen molar-refractivity contribution in [2.45, 2.75) is 11.5 Å². The number of aliphatic hydroxyl groups is 1. The molecule has 0 aliphatic rings. The number of nitrogens with zero attached hydrogens (tertiary/aromatic N) is 1.